The Kier molecular flexibility index (Phi) is 9.14. The van der Waals surface area contributed by atoms with E-state index in [-0.39, 0.29) is 36.2 Å². The first-order valence-electron chi connectivity index (χ1n) is 15.7. The van der Waals surface area contributed by atoms with E-state index in [0.717, 1.165) is 13.5 Å². The van der Waals surface area contributed by atoms with Gasteiger partial charge in [-0.1, -0.05) is 41.5 Å². The molecule has 12 nitrogen and oxygen atoms in total. The molecule has 0 aromatic carbocycles. The lowest BCUT2D eigenvalue weighted by Gasteiger charge is -2.64. The summed E-state index contributed by atoms with van der Waals surface area (Å²) in [4.78, 5) is 10.6. The van der Waals surface area contributed by atoms with Gasteiger partial charge in [0.2, 0.25) is 0 Å². The van der Waals surface area contributed by atoms with E-state index in [4.69, 9.17) is 18.0 Å². The zero-order valence-corrected chi connectivity index (χ0v) is 27.9. The van der Waals surface area contributed by atoms with Crippen molar-refractivity contribution >= 4 is 18.2 Å². The van der Waals surface area contributed by atoms with Crippen LogP contribution in [0.1, 0.15) is 73.6 Å². The van der Waals surface area contributed by atoms with Gasteiger partial charge in [-0.15, -0.1) is 0 Å². The zero-order valence-electron chi connectivity index (χ0n) is 26.1. The Labute approximate surface area is 255 Å². The lowest BCUT2D eigenvalue weighted by Crippen LogP contribution is -2.68. The van der Waals surface area contributed by atoms with E-state index in [0.29, 0.717) is 25.2 Å². The van der Waals surface area contributed by atoms with Gasteiger partial charge in [0.25, 0.3) is 0 Å². The van der Waals surface area contributed by atoms with E-state index in [1.165, 1.54) is 0 Å². The molecular weight excluding hydrogens is 603 g/mol. The Hall–Kier alpha value is -0.180. The third-order valence-corrected chi connectivity index (χ3v) is 14.2. The SMILES string of the molecule is COP(=O)(O)O[C@@H]1[C@H]2O[C@@H]([C@@H](C)C(C)C)C[C@@H](C)[C@@H]2[C@@]2(C)CC[C@H]3[C@@H]([C@@H](O)[C@@H](O)[C@@H]4[C@@H](O)[C@H](OS(=O)(=O)O)CC[C@@]43C)[C@H]12. The van der Waals surface area contributed by atoms with Crippen molar-refractivity contribution in [3.63, 3.8) is 0 Å². The van der Waals surface area contributed by atoms with Gasteiger partial charge in [-0.25, -0.2) is 8.75 Å². The Morgan fingerprint density at radius 1 is 0.953 bits per heavy atom. The second kappa shape index (κ2) is 11.5. The highest BCUT2D eigenvalue weighted by molar-refractivity contribution is 7.80. The Bertz CT molecular complexity index is 1200. The molecule has 0 aromatic heterocycles. The van der Waals surface area contributed by atoms with Crippen LogP contribution >= 0.6 is 7.82 Å². The van der Waals surface area contributed by atoms with E-state index < -0.39 is 83.4 Å². The summed E-state index contributed by atoms with van der Waals surface area (Å²) in [5, 5.41) is 34.8. The normalized spacial score (nSPS) is 52.0. The molecule has 5 N–H and O–H groups in total. The second-order valence-electron chi connectivity index (χ2n) is 15.1. The average Bonchev–Trinajstić information content (AvgIpc) is 3.15. The number of aliphatic hydroxyl groups excluding tert-OH is 3. The third-order valence-electron chi connectivity index (χ3n) is 12.8. The van der Waals surface area contributed by atoms with E-state index in [2.05, 4.69) is 34.6 Å². The minimum absolute atomic E-state index is 0.0321. The van der Waals surface area contributed by atoms with Crippen LogP contribution in [0.2, 0.25) is 0 Å². The topological polar surface area (TPSA) is 189 Å². The smallest absolute Gasteiger partial charge is 0.390 e. The first kappa shape index (κ1) is 34.2. The number of aliphatic hydroxyl groups is 3. The van der Waals surface area contributed by atoms with E-state index in [9.17, 15) is 37.7 Å². The molecule has 1 heterocycles. The van der Waals surface area contributed by atoms with Crippen LogP contribution in [-0.2, 0) is 32.9 Å². The van der Waals surface area contributed by atoms with Crippen LogP contribution in [0, 0.1) is 58.2 Å². The Morgan fingerprint density at radius 3 is 2.16 bits per heavy atom. The van der Waals surface area contributed by atoms with Gasteiger partial charge in [-0.2, -0.15) is 8.42 Å². The molecule has 14 heteroatoms. The number of rotatable bonds is 7. The summed E-state index contributed by atoms with van der Waals surface area (Å²) in [6, 6.07) is 0. The fraction of sp³-hybridized carbons (Fsp3) is 1.00. The van der Waals surface area contributed by atoms with Gasteiger partial charge in [0.05, 0.1) is 36.6 Å². The minimum atomic E-state index is -4.85. The second-order valence-corrected chi connectivity index (χ2v) is 17.6. The first-order chi connectivity index (χ1) is 19.8. The Balaban J connectivity index is 1.56. The van der Waals surface area contributed by atoms with Crippen LogP contribution in [0.25, 0.3) is 0 Å². The molecule has 17 atom stereocenters. The number of phosphoric ester groups is 1. The van der Waals surface area contributed by atoms with Crippen molar-refractivity contribution in [2.24, 2.45) is 58.2 Å². The summed E-state index contributed by atoms with van der Waals surface area (Å²) in [5.74, 6) is -1.43. The number of hydrogen-bond acceptors (Lipinski definition) is 10. The molecule has 0 bridgehead atoms. The highest BCUT2D eigenvalue weighted by atomic mass is 32.3. The van der Waals surface area contributed by atoms with Gasteiger partial charge < -0.3 is 24.9 Å². The minimum Gasteiger partial charge on any atom is -0.390 e. The van der Waals surface area contributed by atoms with Crippen molar-refractivity contribution < 1.29 is 55.7 Å². The molecule has 4 saturated carbocycles. The highest BCUT2D eigenvalue weighted by Crippen LogP contribution is 2.71. The molecular formula is C29H51O12PS. The van der Waals surface area contributed by atoms with Crippen molar-refractivity contribution in [2.45, 2.75) is 116 Å². The maximum absolute atomic E-state index is 13.0. The number of phosphoric acid groups is 1. The largest absolute Gasteiger partial charge is 0.472 e. The maximum Gasteiger partial charge on any atom is 0.472 e. The summed E-state index contributed by atoms with van der Waals surface area (Å²) in [5.41, 5.74) is -1.18. The first-order valence-corrected chi connectivity index (χ1v) is 18.6. The van der Waals surface area contributed by atoms with Crippen LogP contribution in [0.4, 0.5) is 0 Å². The predicted octanol–water partition coefficient (Wildman–Crippen LogP) is 3.18. The van der Waals surface area contributed by atoms with Crippen molar-refractivity contribution in [1.82, 2.24) is 0 Å². The van der Waals surface area contributed by atoms with Gasteiger partial charge in [-0.3, -0.25) is 13.6 Å². The quantitative estimate of drug-likeness (QED) is 0.200. The Morgan fingerprint density at radius 2 is 1.58 bits per heavy atom. The predicted molar refractivity (Wildman–Crippen MR) is 155 cm³/mol. The zero-order chi connectivity index (χ0) is 32.0. The van der Waals surface area contributed by atoms with Crippen LogP contribution in [0.15, 0.2) is 0 Å². The van der Waals surface area contributed by atoms with Crippen LogP contribution in [0.5, 0.6) is 0 Å². The summed E-state index contributed by atoms with van der Waals surface area (Å²) in [7, 11) is -8.22. The maximum atomic E-state index is 13.0. The number of fused-ring (bicyclic) bond motifs is 7. The molecule has 0 spiro atoms. The van der Waals surface area contributed by atoms with Gasteiger partial charge in [0, 0.05) is 13.0 Å². The standard InChI is InChI=1S/C29H51O12PS/c1-13(2)15(4)18-12-14(3)20-26(39-18)27(40-42(33,34)38-7)21-19-16(8-10-29(20,21)6)28(5)11-9-17(41-43(35,36)37)23(30)22(28)25(32)24(19)31/h13-27,30-32H,8-12H2,1-7H3,(H,33,34)(H,35,36,37)/t14-,15+,16+,17-,18-,19-,20+,21-,22+,23+,24-,25+,26+,27+,28-,29-/m1/s1. The summed E-state index contributed by atoms with van der Waals surface area (Å²) < 4.78 is 67.7. The van der Waals surface area contributed by atoms with Crippen molar-refractivity contribution in [1.29, 1.82) is 0 Å². The molecule has 0 amide bonds. The van der Waals surface area contributed by atoms with Crippen molar-refractivity contribution in [3.8, 4) is 0 Å². The van der Waals surface area contributed by atoms with Crippen molar-refractivity contribution in [2.75, 3.05) is 7.11 Å². The molecule has 1 saturated heterocycles. The molecule has 0 aromatic rings. The van der Waals surface area contributed by atoms with E-state index >= 15 is 0 Å². The molecule has 5 aliphatic rings. The van der Waals surface area contributed by atoms with Crippen molar-refractivity contribution in [3.05, 3.63) is 0 Å². The van der Waals surface area contributed by atoms with Crippen LogP contribution in [0.3, 0.4) is 0 Å². The van der Waals surface area contributed by atoms with Gasteiger partial charge in [0.1, 0.15) is 6.10 Å². The fourth-order valence-corrected chi connectivity index (χ4v) is 11.8. The fourth-order valence-electron chi connectivity index (χ4n) is 10.6. The lowest BCUT2D eigenvalue weighted by atomic mass is 9.42. The van der Waals surface area contributed by atoms with Crippen LogP contribution < -0.4 is 0 Å². The van der Waals surface area contributed by atoms with Gasteiger partial charge in [0.15, 0.2) is 0 Å². The third kappa shape index (κ3) is 5.60. The van der Waals surface area contributed by atoms with E-state index in [1.807, 2.05) is 6.92 Å². The average molecular weight is 655 g/mol. The van der Waals surface area contributed by atoms with Crippen LogP contribution in [-0.4, -0.2) is 83.0 Å². The number of hydrogen-bond donors (Lipinski definition) is 5. The molecule has 43 heavy (non-hydrogen) atoms. The van der Waals surface area contributed by atoms with Gasteiger partial charge in [-0.05, 0) is 84.4 Å². The molecule has 1 aliphatic heterocycles. The molecule has 5 fully saturated rings. The molecule has 0 radical (unpaired) electrons. The summed E-state index contributed by atoms with van der Waals surface area (Å²) in [6.07, 6.45) is -4.31. The molecule has 5 rings (SSSR count). The van der Waals surface area contributed by atoms with E-state index in [1.54, 1.807) is 0 Å². The monoisotopic (exact) mass is 654 g/mol. The molecule has 1 unspecified atom stereocenters. The highest BCUT2D eigenvalue weighted by Gasteiger charge is 2.72. The lowest BCUT2D eigenvalue weighted by molar-refractivity contribution is -0.253. The summed E-state index contributed by atoms with van der Waals surface area (Å²) in [6.45, 7) is 12.7. The van der Waals surface area contributed by atoms with Gasteiger partial charge >= 0.3 is 18.2 Å². The summed E-state index contributed by atoms with van der Waals surface area (Å²) >= 11 is 0. The molecule has 4 aliphatic carbocycles. The number of ether oxygens (including phenoxy) is 1. The molecule has 250 valence electrons.